The summed E-state index contributed by atoms with van der Waals surface area (Å²) in [4.78, 5) is 11.9. The molecule has 132 valence electrons. The van der Waals surface area contributed by atoms with E-state index in [4.69, 9.17) is 0 Å². The zero-order chi connectivity index (χ0) is 18.4. The summed E-state index contributed by atoms with van der Waals surface area (Å²) in [5.74, 6) is -0.103. The van der Waals surface area contributed by atoms with E-state index < -0.39 is 10.0 Å². The number of anilines is 1. The fraction of sp³-hybridized carbons (Fsp3) is 0.211. The Kier molecular flexibility index (Phi) is 5.98. The summed E-state index contributed by atoms with van der Waals surface area (Å²) in [5.41, 5.74) is 2.35. The Morgan fingerprint density at radius 3 is 2.28 bits per heavy atom. The van der Waals surface area contributed by atoms with Gasteiger partial charge in [0.2, 0.25) is 5.91 Å². The molecule has 5 nitrogen and oxygen atoms in total. The lowest BCUT2D eigenvalue weighted by Crippen LogP contribution is -2.27. The number of carbonyl (C=O) groups is 1. The van der Waals surface area contributed by atoms with Crippen LogP contribution in [0.1, 0.15) is 11.1 Å². The third-order valence-corrected chi connectivity index (χ3v) is 5.59. The second kappa shape index (κ2) is 7.98. The lowest BCUT2D eigenvalue weighted by Gasteiger charge is -2.20. The maximum atomic E-state index is 12.7. The number of carbonyl (C=O) groups excluding carboxylic acids is 1. The van der Waals surface area contributed by atoms with Gasteiger partial charge in [-0.15, -0.1) is 6.58 Å². The SMILES string of the molecule is C=CCNC(=O)Cc1ccc(N(C)S(=O)(=O)c2ccc(C)cc2)cc1. The molecule has 0 saturated carbocycles. The maximum absolute atomic E-state index is 12.7. The first-order valence-corrected chi connectivity index (χ1v) is 9.30. The van der Waals surface area contributed by atoms with E-state index in [1.54, 1.807) is 54.6 Å². The van der Waals surface area contributed by atoms with E-state index in [9.17, 15) is 13.2 Å². The fourth-order valence-corrected chi connectivity index (χ4v) is 3.46. The van der Waals surface area contributed by atoms with Crippen LogP contribution in [0.3, 0.4) is 0 Å². The van der Waals surface area contributed by atoms with Crippen molar-refractivity contribution < 1.29 is 13.2 Å². The van der Waals surface area contributed by atoms with Gasteiger partial charge in [0.1, 0.15) is 0 Å². The van der Waals surface area contributed by atoms with Crippen LogP contribution in [-0.4, -0.2) is 27.9 Å². The molecule has 1 N–H and O–H groups in total. The van der Waals surface area contributed by atoms with Crippen molar-refractivity contribution in [3.63, 3.8) is 0 Å². The van der Waals surface area contributed by atoms with Crippen LogP contribution in [0.4, 0.5) is 5.69 Å². The average Bonchev–Trinajstić information content (AvgIpc) is 2.60. The van der Waals surface area contributed by atoms with E-state index in [1.165, 1.54) is 11.4 Å². The molecule has 1 amide bonds. The quantitative estimate of drug-likeness (QED) is 0.774. The zero-order valence-electron chi connectivity index (χ0n) is 14.4. The molecular formula is C19H22N2O3S. The Morgan fingerprint density at radius 1 is 1.12 bits per heavy atom. The van der Waals surface area contributed by atoms with Gasteiger partial charge in [-0.05, 0) is 36.8 Å². The summed E-state index contributed by atoms with van der Waals surface area (Å²) < 4.78 is 26.6. The van der Waals surface area contributed by atoms with E-state index in [2.05, 4.69) is 11.9 Å². The zero-order valence-corrected chi connectivity index (χ0v) is 15.2. The number of sulfonamides is 1. The molecule has 0 bridgehead atoms. The molecule has 0 spiro atoms. The third-order valence-electron chi connectivity index (χ3n) is 3.79. The van der Waals surface area contributed by atoms with Crippen molar-refractivity contribution in [3.8, 4) is 0 Å². The fourth-order valence-electron chi connectivity index (χ4n) is 2.26. The largest absolute Gasteiger partial charge is 0.352 e. The van der Waals surface area contributed by atoms with Gasteiger partial charge in [0.15, 0.2) is 0 Å². The van der Waals surface area contributed by atoms with Crippen LogP contribution in [0.15, 0.2) is 66.1 Å². The van der Waals surface area contributed by atoms with Crippen LogP contribution >= 0.6 is 0 Å². The smallest absolute Gasteiger partial charge is 0.264 e. The molecule has 0 atom stereocenters. The van der Waals surface area contributed by atoms with Crippen molar-refractivity contribution in [2.45, 2.75) is 18.2 Å². The molecule has 25 heavy (non-hydrogen) atoms. The summed E-state index contributed by atoms with van der Waals surface area (Å²) in [7, 11) is -2.10. The molecule has 0 aliphatic rings. The standard InChI is InChI=1S/C19H22N2O3S/c1-4-13-20-19(22)14-16-7-9-17(10-8-16)21(3)25(23,24)18-11-5-15(2)6-12-18/h4-12H,1,13-14H2,2-3H3,(H,20,22). The summed E-state index contributed by atoms with van der Waals surface area (Å²) in [6, 6.07) is 13.6. The predicted molar refractivity (Wildman–Crippen MR) is 100 cm³/mol. The second-order valence-corrected chi connectivity index (χ2v) is 7.69. The van der Waals surface area contributed by atoms with Crippen LogP contribution in [0.5, 0.6) is 0 Å². The van der Waals surface area contributed by atoms with Crippen LogP contribution in [-0.2, 0) is 21.2 Å². The topological polar surface area (TPSA) is 66.5 Å². The highest BCUT2D eigenvalue weighted by molar-refractivity contribution is 7.92. The number of benzene rings is 2. The second-order valence-electron chi connectivity index (χ2n) is 5.72. The minimum atomic E-state index is -3.61. The number of aryl methyl sites for hydroxylation is 1. The Labute approximate surface area is 149 Å². The molecule has 0 unspecified atom stereocenters. The molecule has 2 rings (SSSR count). The van der Waals surface area contributed by atoms with Gasteiger partial charge < -0.3 is 5.32 Å². The van der Waals surface area contributed by atoms with Crippen molar-refractivity contribution in [2.24, 2.45) is 0 Å². The predicted octanol–water partition coefficient (Wildman–Crippen LogP) is 2.66. The van der Waals surface area contributed by atoms with Gasteiger partial charge in [-0.25, -0.2) is 8.42 Å². The van der Waals surface area contributed by atoms with Crippen LogP contribution in [0, 0.1) is 6.92 Å². The molecule has 6 heteroatoms. The minimum absolute atomic E-state index is 0.103. The molecule has 0 saturated heterocycles. The highest BCUT2D eigenvalue weighted by atomic mass is 32.2. The summed E-state index contributed by atoms with van der Waals surface area (Å²) >= 11 is 0. The average molecular weight is 358 g/mol. The Bertz CT molecular complexity index is 841. The molecule has 2 aromatic carbocycles. The first-order chi connectivity index (χ1) is 11.8. The van der Waals surface area contributed by atoms with Crippen LogP contribution in [0.25, 0.3) is 0 Å². The van der Waals surface area contributed by atoms with Crippen molar-refractivity contribution in [1.82, 2.24) is 5.32 Å². The van der Waals surface area contributed by atoms with E-state index >= 15 is 0 Å². The van der Waals surface area contributed by atoms with Gasteiger partial charge in [0.25, 0.3) is 10.0 Å². The lowest BCUT2D eigenvalue weighted by molar-refractivity contribution is -0.120. The van der Waals surface area contributed by atoms with Gasteiger partial charge in [0.05, 0.1) is 17.0 Å². The summed E-state index contributed by atoms with van der Waals surface area (Å²) in [5, 5.41) is 2.71. The van der Waals surface area contributed by atoms with E-state index in [0.29, 0.717) is 12.2 Å². The number of nitrogens with zero attached hydrogens (tertiary/aromatic N) is 1. The first-order valence-electron chi connectivity index (χ1n) is 7.86. The molecule has 0 heterocycles. The van der Waals surface area contributed by atoms with Gasteiger partial charge in [-0.3, -0.25) is 9.10 Å². The maximum Gasteiger partial charge on any atom is 0.264 e. The highest BCUT2D eigenvalue weighted by Gasteiger charge is 2.21. The number of hydrogen-bond donors (Lipinski definition) is 1. The van der Waals surface area contributed by atoms with Crippen LogP contribution in [0.2, 0.25) is 0 Å². The number of nitrogens with one attached hydrogen (secondary N) is 1. The highest BCUT2D eigenvalue weighted by Crippen LogP contribution is 2.22. The molecular weight excluding hydrogens is 336 g/mol. The molecule has 0 aliphatic carbocycles. The monoisotopic (exact) mass is 358 g/mol. The van der Waals surface area contributed by atoms with Gasteiger partial charge in [-0.1, -0.05) is 35.9 Å². The summed E-state index contributed by atoms with van der Waals surface area (Å²) in [6.45, 7) is 5.88. The Morgan fingerprint density at radius 2 is 1.72 bits per heavy atom. The van der Waals surface area contributed by atoms with E-state index in [-0.39, 0.29) is 17.2 Å². The Hall–Kier alpha value is -2.60. The molecule has 0 aliphatic heterocycles. The van der Waals surface area contributed by atoms with Crippen molar-refractivity contribution in [1.29, 1.82) is 0 Å². The lowest BCUT2D eigenvalue weighted by atomic mass is 10.1. The number of rotatable bonds is 7. The summed E-state index contributed by atoms with van der Waals surface area (Å²) in [6.07, 6.45) is 1.86. The van der Waals surface area contributed by atoms with E-state index in [1.807, 2.05) is 6.92 Å². The van der Waals surface area contributed by atoms with Crippen molar-refractivity contribution in [2.75, 3.05) is 17.9 Å². The third kappa shape index (κ3) is 4.70. The number of amides is 1. The molecule has 2 aromatic rings. The van der Waals surface area contributed by atoms with Gasteiger partial charge in [-0.2, -0.15) is 0 Å². The van der Waals surface area contributed by atoms with E-state index in [0.717, 1.165) is 11.1 Å². The minimum Gasteiger partial charge on any atom is -0.352 e. The Balaban J connectivity index is 2.14. The number of hydrogen-bond acceptors (Lipinski definition) is 3. The van der Waals surface area contributed by atoms with Gasteiger partial charge in [0, 0.05) is 13.6 Å². The normalized spacial score (nSPS) is 11.0. The van der Waals surface area contributed by atoms with Crippen molar-refractivity contribution in [3.05, 3.63) is 72.3 Å². The van der Waals surface area contributed by atoms with Crippen LogP contribution < -0.4 is 9.62 Å². The molecule has 0 aromatic heterocycles. The molecule has 0 fully saturated rings. The van der Waals surface area contributed by atoms with Crippen molar-refractivity contribution >= 4 is 21.6 Å². The molecule has 0 radical (unpaired) electrons. The van der Waals surface area contributed by atoms with Gasteiger partial charge >= 0.3 is 0 Å². The first kappa shape index (κ1) is 18.7.